The number of nitrogens with zero attached hydrogens (tertiary/aromatic N) is 1. The third kappa shape index (κ3) is 3.16. The standard InChI is InChI=1S/C25H40N2O2/c1-23(2,3)22(29)26-15-16-7-9-18-17-8-10-20-25(5,14-12-21(28)27(20)6)19(17)11-13-24(16,18)4/h12,14,16-20H,7-11,13,15H2,1-6H3,(H,26,29)/t16-,17+,18+,19+,20-,24-,25-/m1/s1. The number of hydrogen-bond acceptors (Lipinski definition) is 2. The van der Waals surface area contributed by atoms with Crippen LogP contribution >= 0.6 is 0 Å². The van der Waals surface area contributed by atoms with Gasteiger partial charge in [-0.2, -0.15) is 0 Å². The molecule has 2 amide bonds. The second-order valence-corrected chi connectivity index (χ2v) is 11.9. The summed E-state index contributed by atoms with van der Waals surface area (Å²) in [6.45, 7) is 11.7. The summed E-state index contributed by atoms with van der Waals surface area (Å²) in [6, 6.07) is 0.355. The monoisotopic (exact) mass is 400 g/mol. The number of amides is 2. The molecule has 0 radical (unpaired) electrons. The molecule has 4 heteroatoms. The van der Waals surface area contributed by atoms with Crippen LogP contribution in [0.5, 0.6) is 0 Å². The zero-order valence-electron chi connectivity index (χ0n) is 19.3. The van der Waals surface area contributed by atoms with Crippen molar-refractivity contribution < 1.29 is 9.59 Å². The van der Waals surface area contributed by atoms with Crippen molar-refractivity contribution in [2.24, 2.45) is 39.9 Å². The Balaban J connectivity index is 1.52. The maximum Gasteiger partial charge on any atom is 0.246 e. The Morgan fingerprint density at radius 3 is 2.55 bits per heavy atom. The Kier molecular flexibility index (Phi) is 4.94. The molecule has 0 bridgehead atoms. The van der Waals surface area contributed by atoms with E-state index in [0.29, 0.717) is 23.3 Å². The van der Waals surface area contributed by atoms with E-state index < -0.39 is 0 Å². The molecular formula is C25H40N2O2. The predicted molar refractivity (Wildman–Crippen MR) is 116 cm³/mol. The van der Waals surface area contributed by atoms with Crippen molar-refractivity contribution in [1.82, 2.24) is 10.2 Å². The van der Waals surface area contributed by atoms with Gasteiger partial charge in [0, 0.05) is 30.5 Å². The molecule has 162 valence electrons. The Bertz CT molecular complexity index is 723. The van der Waals surface area contributed by atoms with Gasteiger partial charge in [0.1, 0.15) is 0 Å². The summed E-state index contributed by atoms with van der Waals surface area (Å²) in [5, 5.41) is 3.26. The summed E-state index contributed by atoms with van der Waals surface area (Å²) in [4.78, 5) is 26.7. The molecule has 0 spiro atoms. The third-order valence-electron chi connectivity index (χ3n) is 9.51. The minimum absolute atomic E-state index is 0.117. The van der Waals surface area contributed by atoms with Crippen LogP contribution in [0, 0.1) is 39.9 Å². The molecule has 0 aromatic rings. The highest BCUT2D eigenvalue weighted by atomic mass is 16.2. The van der Waals surface area contributed by atoms with Crippen molar-refractivity contribution in [3.63, 3.8) is 0 Å². The fourth-order valence-electron chi connectivity index (χ4n) is 7.66. The molecule has 4 nitrogen and oxygen atoms in total. The summed E-state index contributed by atoms with van der Waals surface area (Å²) < 4.78 is 0. The second-order valence-electron chi connectivity index (χ2n) is 11.9. The Morgan fingerprint density at radius 2 is 1.86 bits per heavy atom. The van der Waals surface area contributed by atoms with Crippen LogP contribution < -0.4 is 5.32 Å². The van der Waals surface area contributed by atoms with E-state index in [2.05, 4.69) is 25.2 Å². The highest BCUT2D eigenvalue weighted by Gasteiger charge is 2.60. The van der Waals surface area contributed by atoms with Crippen LogP contribution in [0.1, 0.15) is 73.1 Å². The summed E-state index contributed by atoms with van der Waals surface area (Å²) >= 11 is 0. The molecular weight excluding hydrogens is 360 g/mol. The lowest BCUT2D eigenvalue weighted by Gasteiger charge is -2.60. The van der Waals surface area contributed by atoms with Gasteiger partial charge in [-0.3, -0.25) is 9.59 Å². The Morgan fingerprint density at radius 1 is 1.14 bits per heavy atom. The van der Waals surface area contributed by atoms with Gasteiger partial charge in [-0.1, -0.05) is 40.7 Å². The first kappa shape index (κ1) is 20.9. The predicted octanol–water partition coefficient (Wildman–Crippen LogP) is 4.40. The summed E-state index contributed by atoms with van der Waals surface area (Å²) in [5.74, 6) is 3.12. The van der Waals surface area contributed by atoms with Crippen molar-refractivity contribution in [2.45, 2.75) is 79.2 Å². The van der Waals surface area contributed by atoms with Crippen LogP contribution in [0.3, 0.4) is 0 Å². The zero-order chi connectivity index (χ0) is 21.2. The lowest BCUT2D eigenvalue weighted by molar-refractivity contribution is -0.139. The van der Waals surface area contributed by atoms with Crippen molar-refractivity contribution in [2.75, 3.05) is 13.6 Å². The largest absolute Gasteiger partial charge is 0.355 e. The second kappa shape index (κ2) is 6.85. The number of fused-ring (bicyclic) bond motifs is 5. The maximum absolute atomic E-state index is 12.4. The van der Waals surface area contributed by atoms with E-state index in [1.807, 2.05) is 38.8 Å². The molecule has 0 aromatic heterocycles. The molecule has 7 atom stereocenters. The molecule has 4 aliphatic rings. The zero-order valence-corrected chi connectivity index (χ0v) is 19.3. The van der Waals surface area contributed by atoms with Gasteiger partial charge < -0.3 is 10.2 Å². The first-order valence-electron chi connectivity index (χ1n) is 11.7. The molecule has 4 rings (SSSR count). The first-order chi connectivity index (χ1) is 13.5. The number of likely N-dealkylation sites (N-methyl/N-ethyl adjacent to an activating group) is 1. The Hall–Kier alpha value is -1.32. The van der Waals surface area contributed by atoms with Crippen molar-refractivity contribution in [1.29, 1.82) is 0 Å². The molecule has 3 fully saturated rings. The molecule has 3 aliphatic carbocycles. The fourth-order valence-corrected chi connectivity index (χ4v) is 7.66. The highest BCUT2D eigenvalue weighted by Crippen LogP contribution is 2.65. The average molecular weight is 401 g/mol. The van der Waals surface area contributed by atoms with Crippen molar-refractivity contribution >= 4 is 11.8 Å². The summed E-state index contributed by atoms with van der Waals surface area (Å²) in [6.07, 6.45) is 11.5. The van der Waals surface area contributed by atoms with Crippen LogP contribution in [0.2, 0.25) is 0 Å². The highest BCUT2D eigenvalue weighted by molar-refractivity contribution is 5.89. The molecule has 0 saturated heterocycles. The third-order valence-corrected chi connectivity index (χ3v) is 9.51. The van der Waals surface area contributed by atoms with Crippen LogP contribution in [0.15, 0.2) is 12.2 Å². The topological polar surface area (TPSA) is 49.4 Å². The van der Waals surface area contributed by atoms with E-state index in [4.69, 9.17) is 0 Å². The molecule has 0 unspecified atom stereocenters. The van der Waals surface area contributed by atoms with Crippen molar-refractivity contribution in [3.8, 4) is 0 Å². The van der Waals surface area contributed by atoms with Gasteiger partial charge in [0.2, 0.25) is 11.8 Å². The number of carbonyl (C=O) groups excluding carboxylic acids is 2. The van der Waals surface area contributed by atoms with E-state index in [1.54, 1.807) is 0 Å². The number of nitrogens with one attached hydrogen (secondary N) is 1. The Labute approximate surface area is 176 Å². The van der Waals surface area contributed by atoms with Gasteiger partial charge in [0.15, 0.2) is 0 Å². The van der Waals surface area contributed by atoms with Crippen LogP contribution in [-0.4, -0.2) is 36.3 Å². The van der Waals surface area contributed by atoms with E-state index in [-0.39, 0.29) is 22.6 Å². The van der Waals surface area contributed by atoms with E-state index >= 15 is 0 Å². The maximum atomic E-state index is 12.4. The molecule has 1 N–H and O–H groups in total. The van der Waals surface area contributed by atoms with E-state index in [9.17, 15) is 9.59 Å². The molecule has 1 heterocycles. The van der Waals surface area contributed by atoms with Gasteiger partial charge in [0.05, 0.1) is 0 Å². The van der Waals surface area contributed by atoms with Gasteiger partial charge in [-0.15, -0.1) is 0 Å². The quantitative estimate of drug-likeness (QED) is 0.747. The fraction of sp³-hybridized carbons (Fsp3) is 0.840. The normalized spacial score (nSPS) is 44.1. The van der Waals surface area contributed by atoms with Gasteiger partial charge in [-0.25, -0.2) is 0 Å². The summed E-state index contributed by atoms with van der Waals surface area (Å²) in [7, 11) is 1.99. The van der Waals surface area contributed by atoms with E-state index in [1.165, 1.54) is 32.1 Å². The smallest absolute Gasteiger partial charge is 0.246 e. The number of carbonyl (C=O) groups is 2. The molecule has 29 heavy (non-hydrogen) atoms. The van der Waals surface area contributed by atoms with Gasteiger partial charge in [0.25, 0.3) is 0 Å². The minimum atomic E-state index is -0.319. The van der Waals surface area contributed by atoms with E-state index in [0.717, 1.165) is 24.8 Å². The van der Waals surface area contributed by atoms with Gasteiger partial charge in [-0.05, 0) is 73.7 Å². The van der Waals surface area contributed by atoms with Crippen LogP contribution in [-0.2, 0) is 9.59 Å². The van der Waals surface area contributed by atoms with Crippen molar-refractivity contribution in [3.05, 3.63) is 12.2 Å². The van der Waals surface area contributed by atoms with Crippen LogP contribution in [0.4, 0.5) is 0 Å². The molecule has 1 aliphatic heterocycles. The summed E-state index contributed by atoms with van der Waals surface area (Å²) in [5.41, 5.74) is 0.140. The average Bonchev–Trinajstić information content (AvgIpc) is 2.99. The lowest BCUT2D eigenvalue weighted by atomic mass is 9.47. The van der Waals surface area contributed by atoms with Gasteiger partial charge >= 0.3 is 0 Å². The lowest BCUT2D eigenvalue weighted by Crippen LogP contribution is -2.59. The SMILES string of the molecule is CN1C(=O)C=C[C@]2(C)[C@H]3CC[C@]4(C)[C@@H](CNC(=O)C(C)(C)C)CC[C@H]4[C@@H]3CC[C@@H]12. The number of rotatable bonds is 2. The molecule has 3 saturated carbocycles. The molecule has 0 aromatic carbocycles. The number of hydrogen-bond donors (Lipinski definition) is 1. The minimum Gasteiger partial charge on any atom is -0.355 e. The first-order valence-corrected chi connectivity index (χ1v) is 11.7. The van der Waals surface area contributed by atoms with Crippen LogP contribution in [0.25, 0.3) is 0 Å².